The number of hydrogen-bond acceptors (Lipinski definition) is 3. The van der Waals surface area contributed by atoms with Crippen LogP contribution in [0.3, 0.4) is 0 Å². The molecule has 1 unspecified atom stereocenters. The summed E-state index contributed by atoms with van der Waals surface area (Å²) in [5.41, 5.74) is 0.218. The number of rotatable bonds is 6. The third-order valence-corrected chi connectivity index (χ3v) is 6.56. The Hall–Kier alpha value is -0.820. The molecule has 0 saturated carbocycles. The van der Waals surface area contributed by atoms with Crippen molar-refractivity contribution in [1.82, 2.24) is 14.5 Å². The van der Waals surface area contributed by atoms with E-state index >= 15 is 0 Å². The zero-order chi connectivity index (χ0) is 17.7. The standard InChI is InChI=1S/C16H33N3O3S/c1-6-23(21,22)18(5)11-8-10-17-15(20)19-12-7-9-14(13-19)16(2,3)4/h14H,6-13H2,1-5H3,(H,17,20). The number of urea groups is 1. The fourth-order valence-electron chi connectivity index (χ4n) is 2.84. The predicted octanol–water partition coefficient (Wildman–Crippen LogP) is 2.13. The Morgan fingerprint density at radius 2 is 2.00 bits per heavy atom. The average Bonchev–Trinajstić information content (AvgIpc) is 2.50. The van der Waals surface area contributed by atoms with Crippen molar-refractivity contribution in [2.24, 2.45) is 11.3 Å². The lowest BCUT2D eigenvalue weighted by Gasteiger charge is -2.39. The molecular formula is C16H33N3O3S. The molecular weight excluding hydrogens is 314 g/mol. The highest BCUT2D eigenvalue weighted by molar-refractivity contribution is 7.89. The van der Waals surface area contributed by atoms with E-state index in [1.807, 2.05) is 4.90 Å². The second-order valence-electron chi connectivity index (χ2n) is 7.46. The third kappa shape index (κ3) is 6.30. The van der Waals surface area contributed by atoms with Gasteiger partial charge in [-0.25, -0.2) is 17.5 Å². The van der Waals surface area contributed by atoms with Crippen molar-refractivity contribution in [3.8, 4) is 0 Å². The normalized spacial score (nSPS) is 19.9. The van der Waals surface area contributed by atoms with Gasteiger partial charge >= 0.3 is 6.03 Å². The van der Waals surface area contributed by atoms with Crippen LogP contribution in [0.1, 0.15) is 47.0 Å². The molecule has 0 aromatic rings. The highest BCUT2D eigenvalue weighted by Gasteiger charge is 2.31. The van der Waals surface area contributed by atoms with Crippen molar-refractivity contribution < 1.29 is 13.2 Å². The summed E-state index contributed by atoms with van der Waals surface area (Å²) in [5, 5.41) is 2.91. The zero-order valence-electron chi connectivity index (χ0n) is 15.3. The van der Waals surface area contributed by atoms with Gasteiger partial charge in [0.1, 0.15) is 0 Å². The van der Waals surface area contributed by atoms with Gasteiger partial charge in [-0.15, -0.1) is 0 Å². The first-order chi connectivity index (χ1) is 10.6. The van der Waals surface area contributed by atoms with E-state index in [2.05, 4.69) is 26.1 Å². The molecule has 1 aliphatic rings. The minimum atomic E-state index is -3.13. The molecule has 0 bridgehead atoms. The summed E-state index contributed by atoms with van der Waals surface area (Å²) in [6.45, 7) is 10.9. The van der Waals surface area contributed by atoms with Gasteiger partial charge in [0, 0.05) is 33.2 Å². The number of carbonyl (C=O) groups is 1. The van der Waals surface area contributed by atoms with Crippen molar-refractivity contribution in [3.05, 3.63) is 0 Å². The van der Waals surface area contributed by atoms with Crippen molar-refractivity contribution >= 4 is 16.1 Å². The number of nitrogens with one attached hydrogen (secondary N) is 1. The maximum atomic E-state index is 12.3. The SMILES string of the molecule is CCS(=O)(=O)N(C)CCCNC(=O)N1CCCC(C(C)(C)C)C1. The van der Waals surface area contributed by atoms with E-state index in [-0.39, 0.29) is 17.2 Å². The van der Waals surface area contributed by atoms with Crippen molar-refractivity contribution in [2.45, 2.75) is 47.0 Å². The van der Waals surface area contributed by atoms with Gasteiger partial charge in [-0.05, 0) is 37.5 Å². The molecule has 0 aromatic heterocycles. The summed E-state index contributed by atoms with van der Waals surface area (Å²) >= 11 is 0. The Labute approximate surface area is 141 Å². The first-order valence-corrected chi connectivity index (χ1v) is 10.2. The maximum absolute atomic E-state index is 12.3. The van der Waals surface area contributed by atoms with Crippen LogP contribution in [0.5, 0.6) is 0 Å². The van der Waals surface area contributed by atoms with E-state index in [1.54, 1.807) is 14.0 Å². The molecule has 1 rings (SSSR count). The van der Waals surface area contributed by atoms with Gasteiger partial charge in [0.2, 0.25) is 10.0 Å². The maximum Gasteiger partial charge on any atom is 0.317 e. The van der Waals surface area contributed by atoms with Crippen molar-refractivity contribution in [3.63, 3.8) is 0 Å². The van der Waals surface area contributed by atoms with Crippen LogP contribution in [0.2, 0.25) is 0 Å². The Balaban J connectivity index is 2.34. The van der Waals surface area contributed by atoms with E-state index < -0.39 is 10.0 Å². The van der Waals surface area contributed by atoms with Crippen LogP contribution in [0.4, 0.5) is 4.79 Å². The minimum Gasteiger partial charge on any atom is -0.338 e. The quantitative estimate of drug-likeness (QED) is 0.748. The van der Waals surface area contributed by atoms with Crippen LogP contribution in [0.15, 0.2) is 0 Å². The molecule has 1 fully saturated rings. The van der Waals surface area contributed by atoms with E-state index in [0.29, 0.717) is 25.4 Å². The highest BCUT2D eigenvalue weighted by atomic mass is 32.2. The molecule has 6 nitrogen and oxygen atoms in total. The molecule has 1 saturated heterocycles. The van der Waals surface area contributed by atoms with Gasteiger partial charge in [-0.1, -0.05) is 20.8 Å². The molecule has 1 heterocycles. The number of likely N-dealkylation sites (tertiary alicyclic amines) is 1. The van der Waals surface area contributed by atoms with Crippen LogP contribution >= 0.6 is 0 Å². The summed E-state index contributed by atoms with van der Waals surface area (Å²) in [5.74, 6) is 0.639. The van der Waals surface area contributed by atoms with Gasteiger partial charge in [-0.2, -0.15) is 0 Å². The number of sulfonamides is 1. The second kappa shape index (κ2) is 8.33. The molecule has 2 amide bonds. The number of piperidine rings is 1. The van der Waals surface area contributed by atoms with Gasteiger partial charge in [0.05, 0.1) is 5.75 Å². The Morgan fingerprint density at radius 1 is 1.35 bits per heavy atom. The average molecular weight is 348 g/mol. The smallest absolute Gasteiger partial charge is 0.317 e. The van der Waals surface area contributed by atoms with Crippen LogP contribution in [0, 0.1) is 11.3 Å². The van der Waals surface area contributed by atoms with Crippen LogP contribution in [-0.2, 0) is 10.0 Å². The highest BCUT2D eigenvalue weighted by Crippen LogP contribution is 2.33. The molecule has 0 spiro atoms. The first-order valence-electron chi connectivity index (χ1n) is 8.54. The molecule has 1 aliphatic heterocycles. The molecule has 136 valence electrons. The number of amides is 2. The molecule has 7 heteroatoms. The number of nitrogens with zero attached hydrogens (tertiary/aromatic N) is 2. The van der Waals surface area contributed by atoms with Crippen LogP contribution in [-0.4, -0.2) is 62.6 Å². The van der Waals surface area contributed by atoms with Gasteiger partial charge in [-0.3, -0.25) is 0 Å². The predicted molar refractivity (Wildman–Crippen MR) is 93.9 cm³/mol. The first kappa shape index (κ1) is 20.2. The summed E-state index contributed by atoms with van der Waals surface area (Å²) in [6.07, 6.45) is 2.85. The topological polar surface area (TPSA) is 69.7 Å². The summed E-state index contributed by atoms with van der Waals surface area (Å²) in [7, 11) is -1.55. The Bertz CT molecular complexity index is 485. The molecule has 0 radical (unpaired) electrons. The Morgan fingerprint density at radius 3 is 2.57 bits per heavy atom. The lowest BCUT2D eigenvalue weighted by molar-refractivity contribution is 0.112. The fourth-order valence-corrected chi connectivity index (χ4v) is 3.68. The molecule has 0 aliphatic carbocycles. The third-order valence-electron chi connectivity index (χ3n) is 4.70. The van der Waals surface area contributed by atoms with Crippen LogP contribution < -0.4 is 5.32 Å². The van der Waals surface area contributed by atoms with E-state index in [1.165, 1.54) is 10.7 Å². The lowest BCUT2D eigenvalue weighted by atomic mass is 9.76. The van der Waals surface area contributed by atoms with E-state index in [0.717, 1.165) is 19.5 Å². The van der Waals surface area contributed by atoms with Gasteiger partial charge < -0.3 is 10.2 Å². The fraction of sp³-hybridized carbons (Fsp3) is 0.938. The summed E-state index contributed by atoms with van der Waals surface area (Å²) in [4.78, 5) is 14.1. The monoisotopic (exact) mass is 347 g/mol. The minimum absolute atomic E-state index is 0.0278. The number of hydrogen-bond donors (Lipinski definition) is 1. The van der Waals surface area contributed by atoms with Gasteiger partial charge in [0.25, 0.3) is 0 Å². The van der Waals surface area contributed by atoms with E-state index in [9.17, 15) is 13.2 Å². The lowest BCUT2D eigenvalue weighted by Crippen LogP contribution is -2.48. The number of carbonyl (C=O) groups excluding carboxylic acids is 1. The van der Waals surface area contributed by atoms with Crippen molar-refractivity contribution in [2.75, 3.05) is 39.0 Å². The summed E-state index contributed by atoms with van der Waals surface area (Å²) in [6, 6.07) is -0.0278. The molecule has 0 aromatic carbocycles. The largest absolute Gasteiger partial charge is 0.338 e. The van der Waals surface area contributed by atoms with Gasteiger partial charge in [0.15, 0.2) is 0 Å². The Kier molecular flexibility index (Phi) is 7.32. The zero-order valence-corrected chi connectivity index (χ0v) is 16.1. The molecule has 1 N–H and O–H groups in total. The van der Waals surface area contributed by atoms with Crippen LogP contribution in [0.25, 0.3) is 0 Å². The van der Waals surface area contributed by atoms with E-state index in [4.69, 9.17) is 0 Å². The second-order valence-corrected chi connectivity index (χ2v) is 9.82. The molecule has 23 heavy (non-hydrogen) atoms. The molecule has 1 atom stereocenters. The van der Waals surface area contributed by atoms with Crippen molar-refractivity contribution in [1.29, 1.82) is 0 Å². The summed E-state index contributed by atoms with van der Waals surface area (Å²) < 4.78 is 24.6.